The average molecular weight is 347 g/mol. The number of rotatable bonds is 6. The fourth-order valence-corrected chi connectivity index (χ4v) is 2.17. The summed E-state index contributed by atoms with van der Waals surface area (Å²) in [5, 5.41) is 6.16. The van der Waals surface area contributed by atoms with E-state index >= 15 is 0 Å². The van der Waals surface area contributed by atoms with Crippen LogP contribution in [0.15, 0.2) is 48.5 Å². The van der Waals surface area contributed by atoms with Gasteiger partial charge in [-0.3, -0.25) is 4.79 Å². The zero-order chi connectivity index (χ0) is 17.4. The molecule has 0 aromatic heterocycles. The third-order valence-corrected chi connectivity index (χ3v) is 3.48. The lowest BCUT2D eigenvalue weighted by atomic mass is 10.1. The Hall–Kier alpha value is -2.53. The zero-order valence-electron chi connectivity index (χ0n) is 13.3. The van der Waals surface area contributed by atoms with Crippen LogP contribution in [-0.2, 0) is 22.5 Å². The number of nitrogens with one attached hydrogen (secondary N) is 2. The number of ether oxygens (including phenoxy) is 1. The van der Waals surface area contributed by atoms with E-state index in [2.05, 4.69) is 10.6 Å². The van der Waals surface area contributed by atoms with Crippen LogP contribution in [0.1, 0.15) is 18.1 Å². The van der Waals surface area contributed by atoms with Crippen molar-refractivity contribution in [2.45, 2.75) is 19.9 Å². The van der Waals surface area contributed by atoms with Gasteiger partial charge in [0.1, 0.15) is 0 Å². The molecular formula is C18H19ClN2O3. The Morgan fingerprint density at radius 1 is 1.00 bits per heavy atom. The molecule has 0 aliphatic rings. The van der Waals surface area contributed by atoms with Gasteiger partial charge in [-0.1, -0.05) is 35.9 Å². The van der Waals surface area contributed by atoms with Gasteiger partial charge in [0.2, 0.25) is 0 Å². The van der Waals surface area contributed by atoms with E-state index in [4.69, 9.17) is 16.3 Å². The maximum absolute atomic E-state index is 11.9. The summed E-state index contributed by atoms with van der Waals surface area (Å²) >= 11 is 5.81. The number of hydrogen-bond donors (Lipinski definition) is 2. The molecule has 0 unspecified atom stereocenters. The van der Waals surface area contributed by atoms with Crippen LogP contribution in [0.3, 0.4) is 0 Å². The van der Waals surface area contributed by atoms with Gasteiger partial charge in [0.15, 0.2) is 0 Å². The summed E-state index contributed by atoms with van der Waals surface area (Å²) in [7, 11) is 0. The van der Waals surface area contributed by atoms with Gasteiger partial charge in [0, 0.05) is 17.3 Å². The van der Waals surface area contributed by atoms with Crippen LogP contribution in [0.4, 0.5) is 10.5 Å². The van der Waals surface area contributed by atoms with Gasteiger partial charge in [0.05, 0.1) is 13.0 Å². The van der Waals surface area contributed by atoms with Gasteiger partial charge in [-0.25, -0.2) is 4.79 Å². The third kappa shape index (κ3) is 5.93. The number of halogens is 1. The quantitative estimate of drug-likeness (QED) is 0.782. The first-order valence-corrected chi connectivity index (χ1v) is 7.98. The minimum absolute atomic E-state index is 0.219. The third-order valence-electron chi connectivity index (χ3n) is 3.23. The second-order valence-corrected chi connectivity index (χ2v) is 5.55. The maximum atomic E-state index is 11.9. The monoisotopic (exact) mass is 346 g/mol. The first-order chi connectivity index (χ1) is 11.6. The summed E-state index contributed by atoms with van der Waals surface area (Å²) in [4.78, 5) is 23.3. The lowest BCUT2D eigenvalue weighted by Crippen LogP contribution is -2.28. The normalized spacial score (nSPS) is 10.1. The van der Waals surface area contributed by atoms with Crippen molar-refractivity contribution in [1.82, 2.24) is 5.32 Å². The summed E-state index contributed by atoms with van der Waals surface area (Å²) in [5.74, 6) is -0.265. The van der Waals surface area contributed by atoms with Crippen molar-refractivity contribution < 1.29 is 14.3 Å². The molecule has 0 saturated heterocycles. The van der Waals surface area contributed by atoms with Crippen molar-refractivity contribution in [2.75, 3.05) is 11.9 Å². The van der Waals surface area contributed by atoms with Crippen LogP contribution < -0.4 is 10.6 Å². The van der Waals surface area contributed by atoms with E-state index in [1.807, 2.05) is 12.1 Å². The predicted octanol–water partition coefficient (Wildman–Crippen LogP) is 3.77. The fourth-order valence-electron chi connectivity index (χ4n) is 2.04. The van der Waals surface area contributed by atoms with Gasteiger partial charge in [-0.2, -0.15) is 0 Å². The molecule has 0 atom stereocenters. The minimum Gasteiger partial charge on any atom is -0.466 e. The van der Waals surface area contributed by atoms with Crippen LogP contribution in [0, 0.1) is 0 Å². The van der Waals surface area contributed by atoms with Gasteiger partial charge in [0.25, 0.3) is 0 Å². The zero-order valence-corrected chi connectivity index (χ0v) is 14.1. The van der Waals surface area contributed by atoms with E-state index in [9.17, 15) is 9.59 Å². The molecular weight excluding hydrogens is 328 g/mol. The Bertz CT molecular complexity index is 684. The van der Waals surface area contributed by atoms with Crippen LogP contribution in [0.5, 0.6) is 0 Å². The maximum Gasteiger partial charge on any atom is 0.319 e. The fraction of sp³-hybridized carbons (Fsp3) is 0.222. The van der Waals surface area contributed by atoms with E-state index in [0.29, 0.717) is 23.9 Å². The van der Waals surface area contributed by atoms with Gasteiger partial charge in [-0.05, 0) is 42.3 Å². The lowest BCUT2D eigenvalue weighted by Gasteiger charge is -2.09. The van der Waals surface area contributed by atoms with Crippen molar-refractivity contribution in [3.63, 3.8) is 0 Å². The molecule has 24 heavy (non-hydrogen) atoms. The largest absolute Gasteiger partial charge is 0.466 e. The number of amides is 2. The molecule has 2 N–H and O–H groups in total. The first-order valence-electron chi connectivity index (χ1n) is 7.60. The molecule has 2 aromatic carbocycles. The SMILES string of the molecule is CCOC(=O)Cc1ccc(NC(=O)NCc2ccc(Cl)cc2)cc1. The second kappa shape index (κ2) is 8.93. The Balaban J connectivity index is 1.81. The molecule has 2 rings (SSSR count). The molecule has 0 spiro atoms. The molecule has 0 saturated carbocycles. The highest BCUT2D eigenvalue weighted by atomic mass is 35.5. The molecule has 0 bridgehead atoms. The second-order valence-electron chi connectivity index (χ2n) is 5.11. The van der Waals surface area contributed by atoms with Crippen molar-refractivity contribution in [3.8, 4) is 0 Å². The average Bonchev–Trinajstić information content (AvgIpc) is 2.56. The molecule has 0 radical (unpaired) electrons. The highest BCUT2D eigenvalue weighted by Gasteiger charge is 2.05. The van der Waals surface area contributed by atoms with Gasteiger partial charge >= 0.3 is 12.0 Å². The smallest absolute Gasteiger partial charge is 0.319 e. The number of esters is 1. The molecule has 0 heterocycles. The molecule has 126 valence electrons. The van der Waals surface area contributed by atoms with E-state index in [1.165, 1.54) is 0 Å². The number of hydrogen-bond acceptors (Lipinski definition) is 3. The van der Waals surface area contributed by atoms with Crippen LogP contribution in [0.2, 0.25) is 5.02 Å². The van der Waals surface area contributed by atoms with Crippen LogP contribution in [0.25, 0.3) is 0 Å². The molecule has 0 fully saturated rings. The standard InChI is InChI=1S/C18H19ClN2O3/c1-2-24-17(22)11-13-5-9-16(10-6-13)21-18(23)20-12-14-3-7-15(19)8-4-14/h3-10H,2,11-12H2,1H3,(H2,20,21,23). The Labute approximate surface area is 146 Å². The van der Waals surface area contributed by atoms with Gasteiger partial charge < -0.3 is 15.4 Å². The van der Waals surface area contributed by atoms with Crippen molar-refractivity contribution in [2.24, 2.45) is 0 Å². The first kappa shape index (κ1) is 17.8. The van der Waals surface area contributed by atoms with E-state index < -0.39 is 0 Å². The van der Waals surface area contributed by atoms with Crippen molar-refractivity contribution in [1.29, 1.82) is 0 Å². The van der Waals surface area contributed by atoms with Crippen molar-refractivity contribution >= 4 is 29.3 Å². The number of carbonyl (C=O) groups is 2. The summed E-state index contributed by atoms with van der Waals surface area (Å²) in [5.41, 5.74) is 2.44. The number of urea groups is 1. The molecule has 6 heteroatoms. The topological polar surface area (TPSA) is 67.4 Å². The lowest BCUT2D eigenvalue weighted by molar-refractivity contribution is -0.142. The summed E-state index contributed by atoms with van der Waals surface area (Å²) in [6.07, 6.45) is 0.219. The van der Waals surface area contributed by atoms with E-state index in [1.54, 1.807) is 43.3 Å². The molecule has 2 aromatic rings. The number of carbonyl (C=O) groups excluding carboxylic acids is 2. The number of anilines is 1. The minimum atomic E-state index is -0.303. The summed E-state index contributed by atoms with van der Waals surface area (Å²) in [6.45, 7) is 2.55. The van der Waals surface area contributed by atoms with Crippen LogP contribution >= 0.6 is 11.6 Å². The van der Waals surface area contributed by atoms with Crippen molar-refractivity contribution in [3.05, 3.63) is 64.7 Å². The summed E-state index contributed by atoms with van der Waals surface area (Å²) in [6, 6.07) is 14.0. The van der Waals surface area contributed by atoms with E-state index in [-0.39, 0.29) is 18.4 Å². The Kier molecular flexibility index (Phi) is 6.63. The van der Waals surface area contributed by atoms with Crippen LogP contribution in [-0.4, -0.2) is 18.6 Å². The predicted molar refractivity (Wildman–Crippen MR) is 94.1 cm³/mol. The molecule has 0 aliphatic heterocycles. The Morgan fingerprint density at radius 2 is 1.62 bits per heavy atom. The highest BCUT2D eigenvalue weighted by molar-refractivity contribution is 6.30. The molecule has 0 aliphatic carbocycles. The number of benzene rings is 2. The highest BCUT2D eigenvalue weighted by Crippen LogP contribution is 2.11. The molecule has 5 nitrogen and oxygen atoms in total. The summed E-state index contributed by atoms with van der Waals surface area (Å²) < 4.78 is 4.90. The molecule has 2 amide bonds. The Morgan fingerprint density at radius 3 is 2.25 bits per heavy atom. The van der Waals surface area contributed by atoms with Gasteiger partial charge in [-0.15, -0.1) is 0 Å². The van der Waals surface area contributed by atoms with E-state index in [0.717, 1.165) is 11.1 Å².